The molecule has 0 unspecified atom stereocenters. The lowest BCUT2D eigenvalue weighted by molar-refractivity contribution is -0.123. The molecule has 2 aliphatic heterocycles. The van der Waals surface area contributed by atoms with Gasteiger partial charge in [0, 0.05) is 31.6 Å². The van der Waals surface area contributed by atoms with Crippen molar-refractivity contribution in [2.45, 2.75) is 17.4 Å². The van der Waals surface area contributed by atoms with Crippen molar-refractivity contribution in [3.05, 3.63) is 72.5 Å². The first-order chi connectivity index (χ1) is 15.9. The highest BCUT2D eigenvalue weighted by molar-refractivity contribution is 7.89. The van der Waals surface area contributed by atoms with E-state index in [1.54, 1.807) is 6.07 Å². The minimum absolute atomic E-state index is 0.0438. The molecule has 0 spiro atoms. The molecule has 0 N–H and O–H groups in total. The van der Waals surface area contributed by atoms with E-state index < -0.39 is 21.9 Å². The highest BCUT2D eigenvalue weighted by Gasteiger charge is 2.44. The maximum atomic E-state index is 14.1. The van der Waals surface area contributed by atoms with E-state index in [0.29, 0.717) is 5.69 Å². The van der Waals surface area contributed by atoms with Crippen molar-refractivity contribution in [3.63, 3.8) is 0 Å². The number of piperazine rings is 1. The van der Waals surface area contributed by atoms with Crippen molar-refractivity contribution < 1.29 is 22.4 Å². The predicted molar refractivity (Wildman–Crippen MR) is 122 cm³/mol. The maximum Gasteiger partial charge on any atom is 0.251 e. The Hall–Kier alpha value is -3.14. The van der Waals surface area contributed by atoms with E-state index in [2.05, 4.69) is 0 Å². The number of nitrogens with zero attached hydrogens (tertiary/aromatic N) is 3. The zero-order chi connectivity index (χ0) is 23.2. The molecule has 0 bridgehead atoms. The lowest BCUT2D eigenvalue weighted by Crippen LogP contribution is -2.53. The number of anilines is 1. The molecule has 9 heteroatoms. The van der Waals surface area contributed by atoms with Crippen LogP contribution in [0.5, 0.6) is 0 Å². The highest BCUT2D eigenvalue weighted by atomic mass is 32.2. The van der Waals surface area contributed by atoms with Crippen LogP contribution in [0.4, 0.5) is 10.1 Å². The minimum atomic E-state index is -3.97. The van der Waals surface area contributed by atoms with Crippen LogP contribution in [0.3, 0.4) is 0 Å². The molecule has 1 atom stereocenters. The SMILES string of the molecule is O=C1C[C@@H](N2CCN(S(=O)(=O)c3ccccc3F)CC2)C(=O)N1c1cccc2ccccc12. The number of hydrogen-bond acceptors (Lipinski definition) is 5. The standard InChI is InChI=1S/C24H22FN3O4S/c25-19-9-3-4-11-22(19)33(31,32)27-14-12-26(13-15-27)21-16-23(29)28(24(21)30)20-10-5-7-17-6-1-2-8-18(17)20/h1-11,21H,12-16H2/t21-/m1/s1. The summed E-state index contributed by atoms with van der Waals surface area (Å²) in [5.74, 6) is -1.37. The van der Waals surface area contributed by atoms with E-state index in [4.69, 9.17) is 0 Å². The molecule has 2 aliphatic rings. The second kappa shape index (κ2) is 8.33. The van der Waals surface area contributed by atoms with Gasteiger partial charge in [0.25, 0.3) is 5.91 Å². The molecule has 0 aromatic heterocycles. The molecule has 0 radical (unpaired) electrons. The minimum Gasteiger partial charge on any atom is -0.289 e. The molecule has 7 nitrogen and oxygen atoms in total. The molecule has 5 rings (SSSR count). The normalized spacial score (nSPS) is 20.6. The zero-order valence-corrected chi connectivity index (χ0v) is 18.5. The van der Waals surface area contributed by atoms with Gasteiger partial charge in [0.1, 0.15) is 10.7 Å². The molecule has 0 saturated carbocycles. The summed E-state index contributed by atoms with van der Waals surface area (Å²) >= 11 is 0. The van der Waals surface area contributed by atoms with E-state index in [-0.39, 0.29) is 49.3 Å². The highest BCUT2D eigenvalue weighted by Crippen LogP contribution is 2.32. The summed E-state index contributed by atoms with van der Waals surface area (Å²) in [6.07, 6.45) is 0.0438. The van der Waals surface area contributed by atoms with Gasteiger partial charge in [-0.25, -0.2) is 17.7 Å². The van der Waals surface area contributed by atoms with Crippen LogP contribution in [0.15, 0.2) is 71.6 Å². The van der Waals surface area contributed by atoms with Gasteiger partial charge in [-0.2, -0.15) is 4.31 Å². The van der Waals surface area contributed by atoms with Crippen LogP contribution in [0.25, 0.3) is 10.8 Å². The third-order valence-electron chi connectivity index (χ3n) is 6.30. The summed E-state index contributed by atoms with van der Waals surface area (Å²) in [4.78, 5) is 28.9. The van der Waals surface area contributed by atoms with E-state index in [1.165, 1.54) is 27.4 Å². The molecule has 170 valence electrons. The van der Waals surface area contributed by atoms with Crippen molar-refractivity contribution in [1.82, 2.24) is 9.21 Å². The van der Waals surface area contributed by atoms with Crippen LogP contribution in [0.1, 0.15) is 6.42 Å². The van der Waals surface area contributed by atoms with Gasteiger partial charge in [0.2, 0.25) is 15.9 Å². The third kappa shape index (κ3) is 3.72. The number of carbonyl (C=O) groups excluding carboxylic acids is 2. The van der Waals surface area contributed by atoms with E-state index in [0.717, 1.165) is 16.8 Å². The first kappa shape index (κ1) is 21.7. The Morgan fingerprint density at radius 3 is 2.24 bits per heavy atom. The fourth-order valence-corrected chi connectivity index (χ4v) is 6.09. The van der Waals surface area contributed by atoms with Gasteiger partial charge >= 0.3 is 0 Å². The van der Waals surface area contributed by atoms with Crippen molar-refractivity contribution in [3.8, 4) is 0 Å². The van der Waals surface area contributed by atoms with Gasteiger partial charge in [-0.05, 0) is 23.6 Å². The largest absolute Gasteiger partial charge is 0.289 e. The third-order valence-corrected chi connectivity index (χ3v) is 8.23. The van der Waals surface area contributed by atoms with Crippen LogP contribution >= 0.6 is 0 Å². The fourth-order valence-electron chi connectivity index (χ4n) is 4.61. The summed E-state index contributed by atoms with van der Waals surface area (Å²) in [5, 5.41) is 1.76. The molecule has 33 heavy (non-hydrogen) atoms. The lowest BCUT2D eigenvalue weighted by Gasteiger charge is -2.36. The van der Waals surface area contributed by atoms with Crippen LogP contribution in [0, 0.1) is 5.82 Å². The van der Waals surface area contributed by atoms with Crippen LogP contribution in [0.2, 0.25) is 0 Å². The predicted octanol–water partition coefficient (Wildman–Crippen LogP) is 2.62. The quantitative estimate of drug-likeness (QED) is 0.552. The van der Waals surface area contributed by atoms with E-state index in [9.17, 15) is 22.4 Å². The summed E-state index contributed by atoms with van der Waals surface area (Å²) in [5.41, 5.74) is 0.561. The lowest BCUT2D eigenvalue weighted by atomic mass is 10.1. The summed E-state index contributed by atoms with van der Waals surface area (Å²) in [6, 6.07) is 17.7. The van der Waals surface area contributed by atoms with Crippen molar-refractivity contribution >= 4 is 38.3 Å². The van der Waals surface area contributed by atoms with Gasteiger partial charge in [-0.3, -0.25) is 14.5 Å². The first-order valence-electron chi connectivity index (χ1n) is 10.7. The summed E-state index contributed by atoms with van der Waals surface area (Å²) in [6.45, 7) is 0.785. The Kier molecular flexibility index (Phi) is 5.48. The Morgan fingerprint density at radius 1 is 0.818 bits per heavy atom. The van der Waals surface area contributed by atoms with Gasteiger partial charge in [-0.1, -0.05) is 48.5 Å². The molecule has 2 amide bonds. The van der Waals surface area contributed by atoms with E-state index in [1.807, 2.05) is 41.3 Å². The number of sulfonamides is 1. The maximum absolute atomic E-state index is 14.1. The smallest absolute Gasteiger partial charge is 0.251 e. The molecule has 2 saturated heterocycles. The number of imide groups is 1. The number of carbonyl (C=O) groups is 2. The monoisotopic (exact) mass is 467 g/mol. The summed E-state index contributed by atoms with van der Waals surface area (Å²) < 4.78 is 41.0. The van der Waals surface area contributed by atoms with Crippen LogP contribution in [-0.2, 0) is 19.6 Å². The topological polar surface area (TPSA) is 78.0 Å². The fraction of sp³-hybridized carbons (Fsp3) is 0.250. The van der Waals surface area contributed by atoms with Crippen molar-refractivity contribution in [2.75, 3.05) is 31.1 Å². The van der Waals surface area contributed by atoms with Crippen molar-refractivity contribution in [1.29, 1.82) is 0 Å². The molecular weight excluding hydrogens is 445 g/mol. The average Bonchev–Trinajstić information content (AvgIpc) is 3.12. The van der Waals surface area contributed by atoms with Gasteiger partial charge in [0.15, 0.2) is 0 Å². The molecule has 2 fully saturated rings. The molecule has 3 aromatic rings. The first-order valence-corrected chi connectivity index (χ1v) is 12.2. The Morgan fingerprint density at radius 2 is 1.48 bits per heavy atom. The second-order valence-electron chi connectivity index (χ2n) is 8.16. The second-order valence-corrected chi connectivity index (χ2v) is 10.1. The number of halogens is 1. The number of amides is 2. The van der Waals surface area contributed by atoms with E-state index >= 15 is 0 Å². The molecule has 3 aromatic carbocycles. The van der Waals surface area contributed by atoms with Crippen LogP contribution < -0.4 is 4.90 Å². The number of rotatable bonds is 4. The number of fused-ring (bicyclic) bond motifs is 1. The Bertz CT molecular complexity index is 1350. The molecular formula is C24H22FN3O4S. The molecule has 2 heterocycles. The average molecular weight is 468 g/mol. The zero-order valence-electron chi connectivity index (χ0n) is 17.7. The number of benzene rings is 3. The van der Waals surface area contributed by atoms with Crippen LogP contribution in [-0.4, -0.2) is 61.7 Å². The van der Waals surface area contributed by atoms with Gasteiger partial charge in [-0.15, -0.1) is 0 Å². The van der Waals surface area contributed by atoms with Gasteiger partial charge < -0.3 is 0 Å². The molecule has 0 aliphatic carbocycles. The van der Waals surface area contributed by atoms with Crippen molar-refractivity contribution in [2.24, 2.45) is 0 Å². The Balaban J connectivity index is 1.33. The Labute approximate surface area is 191 Å². The number of hydrogen-bond donors (Lipinski definition) is 0. The van der Waals surface area contributed by atoms with Gasteiger partial charge in [0.05, 0.1) is 18.2 Å². The summed E-state index contributed by atoms with van der Waals surface area (Å²) in [7, 11) is -3.97.